The van der Waals surface area contributed by atoms with Gasteiger partial charge in [0.05, 0.1) is 11.7 Å². The van der Waals surface area contributed by atoms with Crippen molar-refractivity contribution in [3.63, 3.8) is 0 Å². The monoisotopic (exact) mass is 278 g/mol. The maximum absolute atomic E-state index is 6.58. The Labute approximate surface area is 120 Å². The van der Waals surface area contributed by atoms with Crippen LogP contribution in [-0.2, 0) is 5.41 Å². The largest absolute Gasteiger partial charge is 0.278 e. The Morgan fingerprint density at radius 2 is 1.89 bits per heavy atom. The molecule has 1 aromatic heterocycles. The summed E-state index contributed by atoms with van der Waals surface area (Å²) in [6.45, 7) is 11.2. The highest BCUT2D eigenvalue weighted by molar-refractivity contribution is 6.32. The van der Waals surface area contributed by atoms with Crippen LogP contribution >= 0.6 is 11.6 Å². The molecule has 19 heavy (non-hydrogen) atoms. The zero-order valence-corrected chi connectivity index (χ0v) is 13.2. The van der Waals surface area contributed by atoms with Crippen molar-refractivity contribution in [3.05, 3.63) is 28.4 Å². The molecule has 0 unspecified atom stereocenters. The van der Waals surface area contributed by atoms with Gasteiger partial charge in [0.25, 0.3) is 0 Å². The van der Waals surface area contributed by atoms with E-state index in [-0.39, 0.29) is 5.41 Å². The van der Waals surface area contributed by atoms with E-state index in [1.165, 1.54) is 16.5 Å². The van der Waals surface area contributed by atoms with Crippen LogP contribution in [0.3, 0.4) is 0 Å². The Bertz CT molecular complexity index is 574. The second-order valence-corrected chi connectivity index (χ2v) is 6.65. The van der Waals surface area contributed by atoms with Crippen LogP contribution in [0.25, 0.3) is 10.9 Å². The standard InChI is InChI=1S/C16H23ClN2/c1-6-10(7-2)14-12(17)8-13-11(9-18-19-13)15(14)16(3,4)5/h8-10H,6-7H2,1-5H3,(H,18,19). The Kier molecular flexibility index (Phi) is 3.91. The molecule has 0 aliphatic heterocycles. The second kappa shape index (κ2) is 5.16. The first-order valence-corrected chi connectivity index (χ1v) is 7.43. The number of nitrogens with one attached hydrogen (secondary N) is 1. The molecule has 1 N–H and O–H groups in total. The van der Waals surface area contributed by atoms with Gasteiger partial charge in [-0.2, -0.15) is 5.10 Å². The Hall–Kier alpha value is -1.02. The molecule has 0 amide bonds. The number of aromatic amines is 1. The molecular weight excluding hydrogens is 256 g/mol. The van der Waals surface area contributed by atoms with Gasteiger partial charge in [0, 0.05) is 10.4 Å². The number of benzene rings is 1. The number of fused-ring (bicyclic) bond motifs is 1. The number of halogens is 1. The van der Waals surface area contributed by atoms with Gasteiger partial charge in [0.15, 0.2) is 0 Å². The van der Waals surface area contributed by atoms with Crippen molar-refractivity contribution >= 4 is 22.5 Å². The van der Waals surface area contributed by atoms with E-state index in [1.807, 2.05) is 12.3 Å². The van der Waals surface area contributed by atoms with Gasteiger partial charge in [-0.1, -0.05) is 46.2 Å². The minimum absolute atomic E-state index is 0.0605. The zero-order chi connectivity index (χ0) is 14.2. The van der Waals surface area contributed by atoms with Crippen LogP contribution in [0.15, 0.2) is 12.3 Å². The normalized spacial score (nSPS) is 12.6. The van der Waals surface area contributed by atoms with E-state index in [1.54, 1.807) is 0 Å². The molecule has 2 rings (SSSR count). The summed E-state index contributed by atoms with van der Waals surface area (Å²) in [4.78, 5) is 0. The highest BCUT2D eigenvalue weighted by Crippen LogP contribution is 2.42. The zero-order valence-electron chi connectivity index (χ0n) is 12.5. The van der Waals surface area contributed by atoms with Gasteiger partial charge in [-0.3, -0.25) is 5.10 Å². The molecule has 0 bridgehead atoms. The molecule has 0 saturated heterocycles. The Morgan fingerprint density at radius 3 is 2.42 bits per heavy atom. The third-order valence-corrected chi connectivity index (χ3v) is 4.19. The van der Waals surface area contributed by atoms with Crippen LogP contribution in [0.5, 0.6) is 0 Å². The minimum atomic E-state index is 0.0605. The van der Waals surface area contributed by atoms with Crippen molar-refractivity contribution in [2.75, 3.05) is 0 Å². The highest BCUT2D eigenvalue weighted by atomic mass is 35.5. The van der Waals surface area contributed by atoms with Crippen LogP contribution in [0.2, 0.25) is 5.02 Å². The van der Waals surface area contributed by atoms with E-state index in [0.29, 0.717) is 5.92 Å². The number of aromatic nitrogens is 2. The lowest BCUT2D eigenvalue weighted by molar-refractivity contribution is 0.562. The summed E-state index contributed by atoms with van der Waals surface area (Å²) >= 11 is 6.58. The molecule has 1 heterocycles. The van der Waals surface area contributed by atoms with E-state index < -0.39 is 0 Å². The van der Waals surface area contributed by atoms with Crippen LogP contribution in [0.1, 0.15) is 64.5 Å². The van der Waals surface area contributed by atoms with E-state index in [0.717, 1.165) is 23.4 Å². The molecular formula is C16H23ClN2. The van der Waals surface area contributed by atoms with Crippen LogP contribution < -0.4 is 0 Å². The van der Waals surface area contributed by atoms with E-state index in [2.05, 4.69) is 44.8 Å². The highest BCUT2D eigenvalue weighted by Gasteiger charge is 2.27. The van der Waals surface area contributed by atoms with Gasteiger partial charge in [-0.25, -0.2) is 0 Å². The first-order chi connectivity index (χ1) is 8.90. The van der Waals surface area contributed by atoms with E-state index >= 15 is 0 Å². The van der Waals surface area contributed by atoms with Crippen molar-refractivity contribution in [2.45, 2.75) is 58.8 Å². The summed E-state index contributed by atoms with van der Waals surface area (Å²) in [7, 11) is 0. The molecule has 0 fully saturated rings. The summed E-state index contributed by atoms with van der Waals surface area (Å²) in [6.07, 6.45) is 4.16. The SMILES string of the molecule is CCC(CC)c1c(Cl)cc2[nH]ncc2c1C(C)(C)C. The number of H-pyrrole nitrogens is 1. The maximum Gasteiger partial charge on any atom is 0.0668 e. The fourth-order valence-corrected chi connectivity index (χ4v) is 3.34. The van der Waals surface area contributed by atoms with E-state index in [4.69, 9.17) is 11.6 Å². The first kappa shape index (κ1) is 14.4. The summed E-state index contributed by atoms with van der Waals surface area (Å²) in [5, 5.41) is 9.30. The smallest absolute Gasteiger partial charge is 0.0668 e. The molecule has 0 radical (unpaired) electrons. The quantitative estimate of drug-likeness (QED) is 0.798. The van der Waals surface area contributed by atoms with Crippen LogP contribution in [0.4, 0.5) is 0 Å². The lowest BCUT2D eigenvalue weighted by Crippen LogP contribution is -2.17. The van der Waals surface area contributed by atoms with Crippen LogP contribution in [0, 0.1) is 0 Å². The molecule has 0 aliphatic rings. The molecule has 3 heteroatoms. The Balaban J connectivity index is 2.83. The third kappa shape index (κ3) is 2.51. The fraction of sp³-hybridized carbons (Fsp3) is 0.562. The van der Waals surface area contributed by atoms with Crippen molar-refractivity contribution in [2.24, 2.45) is 0 Å². The molecule has 0 aliphatic carbocycles. The molecule has 1 aromatic carbocycles. The first-order valence-electron chi connectivity index (χ1n) is 7.06. The van der Waals surface area contributed by atoms with Crippen molar-refractivity contribution < 1.29 is 0 Å². The maximum atomic E-state index is 6.58. The summed E-state index contributed by atoms with van der Waals surface area (Å²) in [5.41, 5.74) is 3.75. The summed E-state index contributed by atoms with van der Waals surface area (Å²) in [5.74, 6) is 0.515. The summed E-state index contributed by atoms with van der Waals surface area (Å²) < 4.78 is 0. The minimum Gasteiger partial charge on any atom is -0.278 e. The average molecular weight is 279 g/mol. The van der Waals surface area contributed by atoms with Crippen molar-refractivity contribution in [1.82, 2.24) is 10.2 Å². The number of hydrogen-bond donors (Lipinski definition) is 1. The molecule has 104 valence electrons. The fourth-order valence-electron chi connectivity index (χ4n) is 2.98. The second-order valence-electron chi connectivity index (χ2n) is 6.24. The topological polar surface area (TPSA) is 28.7 Å². The number of nitrogens with zero attached hydrogens (tertiary/aromatic N) is 1. The van der Waals surface area contributed by atoms with Gasteiger partial charge in [0.1, 0.15) is 0 Å². The van der Waals surface area contributed by atoms with Gasteiger partial charge in [-0.05, 0) is 41.4 Å². The predicted octanol–water partition coefficient (Wildman–Crippen LogP) is 5.42. The van der Waals surface area contributed by atoms with Crippen LogP contribution in [-0.4, -0.2) is 10.2 Å². The van der Waals surface area contributed by atoms with E-state index in [9.17, 15) is 0 Å². The lowest BCUT2D eigenvalue weighted by atomic mass is 9.77. The van der Waals surface area contributed by atoms with Crippen molar-refractivity contribution in [3.8, 4) is 0 Å². The van der Waals surface area contributed by atoms with Gasteiger partial charge < -0.3 is 0 Å². The summed E-state index contributed by atoms with van der Waals surface area (Å²) in [6, 6.07) is 2.02. The molecule has 2 nitrogen and oxygen atoms in total. The molecule has 0 spiro atoms. The van der Waals surface area contributed by atoms with Gasteiger partial charge >= 0.3 is 0 Å². The number of hydrogen-bond acceptors (Lipinski definition) is 1. The molecule has 0 saturated carbocycles. The lowest BCUT2D eigenvalue weighted by Gasteiger charge is -2.28. The average Bonchev–Trinajstić information content (AvgIpc) is 2.76. The Morgan fingerprint density at radius 1 is 1.26 bits per heavy atom. The molecule has 0 atom stereocenters. The third-order valence-electron chi connectivity index (χ3n) is 3.88. The molecule has 2 aromatic rings. The van der Waals surface area contributed by atoms with Crippen molar-refractivity contribution in [1.29, 1.82) is 0 Å². The van der Waals surface area contributed by atoms with Gasteiger partial charge in [-0.15, -0.1) is 0 Å². The number of rotatable bonds is 3. The van der Waals surface area contributed by atoms with Gasteiger partial charge in [0.2, 0.25) is 0 Å². The predicted molar refractivity (Wildman–Crippen MR) is 83.1 cm³/mol.